The lowest BCUT2D eigenvalue weighted by Crippen LogP contribution is -2.68. The van der Waals surface area contributed by atoms with E-state index in [9.17, 15) is 19.0 Å². The van der Waals surface area contributed by atoms with Gasteiger partial charge in [0, 0.05) is 44.0 Å². The zero-order valence-corrected chi connectivity index (χ0v) is 38.7. The van der Waals surface area contributed by atoms with Gasteiger partial charge in [0.15, 0.2) is 0 Å². The fourth-order valence-electron chi connectivity index (χ4n) is 15.6. The smallest absolute Gasteiger partial charge is 0.319 e. The average Bonchev–Trinajstić information content (AvgIpc) is 3.59. The van der Waals surface area contributed by atoms with Crippen molar-refractivity contribution in [3.63, 3.8) is 0 Å². The summed E-state index contributed by atoms with van der Waals surface area (Å²) in [5.41, 5.74) is 4.23. The van der Waals surface area contributed by atoms with Crippen LogP contribution in [-0.2, 0) is 4.79 Å². The highest BCUT2D eigenvalue weighted by Crippen LogP contribution is 2.76. The van der Waals surface area contributed by atoms with Gasteiger partial charge in [0.1, 0.15) is 0 Å². The van der Waals surface area contributed by atoms with Crippen molar-refractivity contribution >= 4 is 16.6 Å². The molecule has 1 aliphatic heterocycles. The molecule has 10 atom stereocenters. The van der Waals surface area contributed by atoms with Gasteiger partial charge in [-0.3, -0.25) is 18.8 Å². The van der Waals surface area contributed by atoms with Gasteiger partial charge in [-0.25, -0.2) is 4.98 Å². The minimum Gasteiger partial charge on any atom is -0.481 e. The normalized spacial score (nSPS) is 41.3. The Morgan fingerprint density at radius 3 is 2.42 bits per heavy atom. The Labute approximate surface area is 362 Å². The molecule has 0 aromatic carbocycles. The first-order valence-electron chi connectivity index (χ1n) is 23.3. The molecular weight excluding hydrogens is 773 g/mol. The summed E-state index contributed by atoms with van der Waals surface area (Å²) < 4.78 is 31.4. The summed E-state index contributed by atoms with van der Waals surface area (Å²) in [4.78, 5) is 23.7. The minimum atomic E-state index is -2.38. The minimum absolute atomic E-state index is 0.00160. The van der Waals surface area contributed by atoms with Gasteiger partial charge in [0.2, 0.25) is 5.88 Å². The van der Waals surface area contributed by atoms with Crippen LogP contribution in [0, 0.1) is 56.7 Å². The maximum absolute atomic E-state index is 12.8. The van der Waals surface area contributed by atoms with Gasteiger partial charge in [0.05, 0.1) is 30.6 Å². The van der Waals surface area contributed by atoms with E-state index in [0.29, 0.717) is 66.2 Å². The van der Waals surface area contributed by atoms with E-state index in [1.165, 1.54) is 68.1 Å². The molecule has 10 nitrogen and oxygen atoms in total. The van der Waals surface area contributed by atoms with Crippen LogP contribution in [0.15, 0.2) is 47.7 Å². The molecule has 6 aliphatic carbocycles. The van der Waals surface area contributed by atoms with Gasteiger partial charge >= 0.3 is 12.0 Å². The zero-order chi connectivity index (χ0) is 42.9. The van der Waals surface area contributed by atoms with Crippen LogP contribution >= 0.6 is 10.6 Å². The number of rotatable bonds is 12. The van der Waals surface area contributed by atoms with E-state index >= 15 is 0 Å². The third-order valence-corrected chi connectivity index (χ3v) is 20.7. The fraction of sp³-hybridized carbons (Fsp3) is 0.776. The van der Waals surface area contributed by atoms with Crippen LogP contribution in [0.25, 0.3) is 0 Å². The summed E-state index contributed by atoms with van der Waals surface area (Å²) >= 11 is 0. The molecule has 4 N–H and O–H groups in total. The number of fused-ring (bicyclic) bond motifs is 7. The lowest BCUT2D eigenvalue weighted by Gasteiger charge is -2.72. The molecule has 1 unspecified atom stereocenters. The number of nitrogens with one attached hydrogen (secondary N) is 1. The topological polar surface area (TPSA) is 137 Å². The number of hydrogen-bond acceptors (Lipinski definition) is 9. The van der Waals surface area contributed by atoms with Gasteiger partial charge in [-0.1, -0.05) is 58.9 Å². The molecule has 0 amide bonds. The summed E-state index contributed by atoms with van der Waals surface area (Å²) in [6, 6.07) is 1.87. The molecule has 8 rings (SSSR count). The van der Waals surface area contributed by atoms with E-state index in [1.54, 1.807) is 19.4 Å². The van der Waals surface area contributed by atoms with Crippen LogP contribution in [0.2, 0.25) is 0 Å². The molecule has 334 valence electrons. The fourth-order valence-corrected chi connectivity index (χ4v) is 16.9. The molecule has 11 heteroatoms. The Morgan fingerprint density at radius 1 is 0.967 bits per heavy atom. The molecule has 0 radical (unpaired) electrons. The number of aromatic nitrogens is 2. The van der Waals surface area contributed by atoms with Crippen LogP contribution in [0.4, 0.5) is 0 Å². The predicted molar refractivity (Wildman–Crippen MR) is 240 cm³/mol. The van der Waals surface area contributed by atoms with Crippen molar-refractivity contribution in [2.45, 2.75) is 131 Å². The van der Waals surface area contributed by atoms with Gasteiger partial charge in [0.25, 0.3) is 0 Å². The first-order valence-corrected chi connectivity index (χ1v) is 25.2. The largest absolute Gasteiger partial charge is 0.481 e. The lowest BCUT2D eigenvalue weighted by molar-refractivity contribution is -0.221. The average molecular weight is 849 g/mol. The van der Waals surface area contributed by atoms with Crippen molar-refractivity contribution in [1.29, 1.82) is 0 Å². The van der Waals surface area contributed by atoms with Crippen LogP contribution in [0.3, 0.4) is 0 Å². The molecule has 4 saturated carbocycles. The van der Waals surface area contributed by atoms with Gasteiger partial charge in [-0.2, -0.15) is 15.6 Å². The Balaban J connectivity index is 0.983. The molecule has 1 aromatic heterocycles. The lowest BCUT2D eigenvalue weighted by atomic mass is 9.33. The van der Waals surface area contributed by atoms with Crippen LogP contribution in [0.1, 0.15) is 125 Å². The van der Waals surface area contributed by atoms with Crippen molar-refractivity contribution in [2.75, 3.05) is 51.4 Å². The quantitative estimate of drug-likeness (QED) is 0.151. The van der Waals surface area contributed by atoms with E-state index in [2.05, 4.69) is 80.5 Å². The molecule has 1 aromatic rings. The highest BCUT2D eigenvalue weighted by atomic mass is 32.3. The van der Waals surface area contributed by atoms with E-state index < -0.39 is 22.0 Å². The predicted octanol–water partition coefficient (Wildman–Crippen LogP) is 10.0. The van der Waals surface area contributed by atoms with Gasteiger partial charge in [-0.15, -0.1) is 0 Å². The maximum atomic E-state index is 12.8. The maximum Gasteiger partial charge on any atom is 0.319 e. The molecule has 0 spiro atoms. The van der Waals surface area contributed by atoms with E-state index in [0.717, 1.165) is 39.0 Å². The van der Waals surface area contributed by atoms with Gasteiger partial charge < -0.3 is 19.9 Å². The monoisotopic (exact) mass is 849 g/mol. The number of ether oxygens (including phenoxy) is 2. The molecule has 0 bridgehead atoms. The summed E-state index contributed by atoms with van der Waals surface area (Å²) in [6.45, 7) is 23.8. The Hall–Kier alpha value is -2.44. The Bertz CT molecular complexity index is 1870. The molecular formula is C49H76N4O6S. The summed E-state index contributed by atoms with van der Waals surface area (Å²) in [5.74, 6) is 3.77. The van der Waals surface area contributed by atoms with Crippen LogP contribution in [0.5, 0.6) is 11.9 Å². The zero-order valence-electron chi connectivity index (χ0n) is 37.9. The molecule has 5 fully saturated rings. The summed E-state index contributed by atoms with van der Waals surface area (Å²) in [5, 5.41) is 14.8. The number of methoxy groups -OCH3 is 1. The highest BCUT2D eigenvalue weighted by molar-refractivity contribution is 8.24. The number of allylic oxidation sites excluding steroid dienone is 5. The van der Waals surface area contributed by atoms with Crippen LogP contribution in [-0.4, -0.2) is 92.0 Å². The number of carboxylic acid groups (broad SMARTS) is 1. The summed E-state index contributed by atoms with van der Waals surface area (Å²) in [6.07, 6.45) is 19.9. The van der Waals surface area contributed by atoms with Gasteiger partial charge in [-0.05, 0) is 153 Å². The standard InChI is InChI=1S/C49H76N4O6S/c1-33(2)35-13-21-49(51-26-27-53-28-31-60(56,57)32-29-53)23-22-46(6)37(41(35)49)9-10-39-45(5)17-14-36(44(3,4)38(45)15-18-47(39,46)7)34-11-19-48(20-12-34,42(54)55)24-30-59-43-50-25-16-40(52-43)58-8/h11,14,16,25,35,37-39,41,51,56-57H,1,9-10,12-13,15,17-24,26-32H2,2-8H3,(H,54,55)/t35-,37+,38-,39+,41+,45-,46+,47+,48?,49-/m0/s1. The third kappa shape index (κ3) is 7.30. The van der Waals surface area contributed by atoms with E-state index in [1.807, 2.05) is 0 Å². The second-order valence-electron chi connectivity index (χ2n) is 21.9. The third-order valence-electron chi connectivity index (χ3n) is 19.1. The first-order chi connectivity index (χ1) is 28.3. The molecule has 2 heterocycles. The first kappa shape index (κ1) is 44.2. The second kappa shape index (κ2) is 16.0. The summed E-state index contributed by atoms with van der Waals surface area (Å²) in [7, 11) is -0.830. The van der Waals surface area contributed by atoms with Crippen molar-refractivity contribution in [3.8, 4) is 11.9 Å². The van der Waals surface area contributed by atoms with E-state index in [-0.39, 0.29) is 39.8 Å². The van der Waals surface area contributed by atoms with Crippen molar-refractivity contribution in [1.82, 2.24) is 20.2 Å². The highest BCUT2D eigenvalue weighted by Gasteiger charge is 2.70. The molecule has 7 aliphatic rings. The number of aliphatic carboxylic acids is 1. The number of carbonyl (C=O) groups is 1. The van der Waals surface area contributed by atoms with Crippen molar-refractivity contribution < 1.29 is 28.5 Å². The van der Waals surface area contributed by atoms with Crippen molar-refractivity contribution in [3.05, 3.63) is 47.7 Å². The van der Waals surface area contributed by atoms with Crippen LogP contribution < -0.4 is 14.8 Å². The molecule has 60 heavy (non-hydrogen) atoms. The Kier molecular flexibility index (Phi) is 11.8. The SMILES string of the molecule is C=C(C)[C@@H]1CC[C@]2(NCCN3CCS(O)(O)CC3)CC[C@]3(C)[C@H](CC[C@@H]4[C@@]5(C)CC=C(C6=CCC(CCOc7nccc(OC)n7)(C(=O)O)CC6)C(C)(C)[C@@H]5CC[C@]43C)[C@@H]12. The van der Waals surface area contributed by atoms with E-state index in [4.69, 9.17) is 9.47 Å². The molecule has 1 saturated heterocycles. The number of carboxylic acids is 1. The second-order valence-corrected chi connectivity index (χ2v) is 24.3. The van der Waals surface area contributed by atoms with Crippen molar-refractivity contribution in [2.24, 2.45) is 56.7 Å². The number of hydrogen-bond donors (Lipinski definition) is 4. The Morgan fingerprint density at radius 2 is 1.73 bits per heavy atom. The number of nitrogens with zero attached hydrogens (tertiary/aromatic N) is 3.